The van der Waals surface area contributed by atoms with Crippen LogP contribution in [0.3, 0.4) is 0 Å². The molecule has 8 heteroatoms. The number of carbonyl (C=O) groups excluding carboxylic acids is 2. The van der Waals surface area contributed by atoms with Gasteiger partial charge in [0.15, 0.2) is 5.78 Å². The highest BCUT2D eigenvalue weighted by Gasteiger charge is 2.31. The molecule has 1 aliphatic rings. The monoisotopic (exact) mass is 336 g/mol. The third-order valence-corrected chi connectivity index (χ3v) is 4.30. The van der Waals surface area contributed by atoms with Gasteiger partial charge in [-0.1, -0.05) is 6.07 Å². The number of ketones is 1. The van der Waals surface area contributed by atoms with Crippen LogP contribution >= 0.6 is 0 Å². The highest BCUT2D eigenvalue weighted by molar-refractivity contribution is 5.97. The van der Waals surface area contributed by atoms with Crippen molar-refractivity contribution in [2.45, 2.75) is 12.8 Å². The minimum atomic E-state index is -0.274. The maximum atomic E-state index is 12.7. The topological polar surface area (TPSA) is 93.4 Å². The van der Waals surface area contributed by atoms with Gasteiger partial charge in [0.1, 0.15) is 5.69 Å². The number of piperidine rings is 1. The molecule has 0 saturated carbocycles. The first-order valence-corrected chi connectivity index (χ1v) is 8.14. The van der Waals surface area contributed by atoms with E-state index in [0.29, 0.717) is 24.6 Å². The highest BCUT2D eigenvalue weighted by Crippen LogP contribution is 2.21. The van der Waals surface area contributed by atoms with E-state index in [0.717, 1.165) is 12.8 Å². The molecule has 4 heterocycles. The number of likely N-dealkylation sites (tertiary alicyclic amines) is 1. The van der Waals surface area contributed by atoms with Gasteiger partial charge in [-0.15, -0.1) is 5.10 Å². The number of aromatic nitrogens is 5. The number of fused-ring (bicyclic) bond motifs is 1. The van der Waals surface area contributed by atoms with Gasteiger partial charge in [-0.25, -0.2) is 9.50 Å². The van der Waals surface area contributed by atoms with Crippen molar-refractivity contribution in [2.24, 2.45) is 5.92 Å². The van der Waals surface area contributed by atoms with E-state index in [4.69, 9.17) is 0 Å². The van der Waals surface area contributed by atoms with Crippen molar-refractivity contribution >= 4 is 17.5 Å². The molecular weight excluding hydrogens is 320 g/mol. The van der Waals surface area contributed by atoms with E-state index in [1.807, 2.05) is 0 Å². The van der Waals surface area contributed by atoms with E-state index in [-0.39, 0.29) is 23.4 Å². The largest absolute Gasteiger partial charge is 0.335 e. The van der Waals surface area contributed by atoms with Crippen LogP contribution in [0.5, 0.6) is 0 Å². The maximum Gasteiger partial charge on any atom is 0.293 e. The standard InChI is InChI=1S/C17H16N6O2/c24-14(13-6-1-2-7-18-13)12-5-3-9-22(11-12)16(25)15-20-17-19-8-4-10-23(17)21-15/h1-2,4,6-8,10,12H,3,5,9,11H2/t12-/m1/s1. The molecule has 8 nitrogen and oxygen atoms in total. The molecule has 126 valence electrons. The Morgan fingerprint density at radius 3 is 2.80 bits per heavy atom. The second-order valence-electron chi connectivity index (χ2n) is 5.97. The van der Waals surface area contributed by atoms with E-state index in [9.17, 15) is 9.59 Å². The summed E-state index contributed by atoms with van der Waals surface area (Å²) in [5.41, 5.74) is 0.442. The Bertz CT molecular complexity index is 890. The summed E-state index contributed by atoms with van der Waals surface area (Å²) in [4.78, 5) is 39.3. The van der Waals surface area contributed by atoms with Gasteiger partial charge < -0.3 is 4.90 Å². The fraction of sp³-hybridized carbons (Fsp3) is 0.294. The van der Waals surface area contributed by atoms with Crippen molar-refractivity contribution in [3.8, 4) is 0 Å². The molecule has 0 bridgehead atoms. The quantitative estimate of drug-likeness (QED) is 0.668. The minimum absolute atomic E-state index is 0.0253. The zero-order valence-electron chi connectivity index (χ0n) is 13.4. The van der Waals surface area contributed by atoms with Crippen LogP contribution < -0.4 is 0 Å². The summed E-state index contributed by atoms with van der Waals surface area (Å²) in [6.07, 6.45) is 6.41. The summed E-state index contributed by atoms with van der Waals surface area (Å²) < 4.78 is 1.47. The molecule has 0 radical (unpaired) electrons. The molecule has 1 amide bonds. The number of Topliss-reactive ketones (excluding diaryl/α,β-unsaturated/α-hetero) is 1. The second kappa shape index (κ2) is 6.39. The van der Waals surface area contributed by atoms with Crippen molar-refractivity contribution in [3.63, 3.8) is 0 Å². The normalized spacial score (nSPS) is 17.6. The predicted molar refractivity (Wildman–Crippen MR) is 88.0 cm³/mol. The third kappa shape index (κ3) is 2.98. The van der Waals surface area contributed by atoms with Crippen LogP contribution in [0, 0.1) is 5.92 Å². The van der Waals surface area contributed by atoms with Crippen LogP contribution in [0.15, 0.2) is 42.9 Å². The Morgan fingerprint density at radius 2 is 2.00 bits per heavy atom. The van der Waals surface area contributed by atoms with Gasteiger partial charge in [-0.2, -0.15) is 4.98 Å². The van der Waals surface area contributed by atoms with Crippen molar-refractivity contribution in [1.82, 2.24) is 29.5 Å². The Morgan fingerprint density at radius 1 is 1.12 bits per heavy atom. The SMILES string of the molecule is O=C(c1ccccn1)[C@@H]1CCCN(C(=O)c2nc3ncccn3n2)C1. The third-order valence-electron chi connectivity index (χ3n) is 4.30. The molecule has 25 heavy (non-hydrogen) atoms. The van der Waals surface area contributed by atoms with Crippen LogP contribution in [0.1, 0.15) is 33.9 Å². The maximum absolute atomic E-state index is 12.7. The average Bonchev–Trinajstić information content (AvgIpc) is 3.12. The molecule has 0 spiro atoms. The van der Waals surface area contributed by atoms with Crippen molar-refractivity contribution in [3.05, 3.63) is 54.4 Å². The second-order valence-corrected chi connectivity index (χ2v) is 5.97. The molecule has 0 aliphatic carbocycles. The van der Waals surface area contributed by atoms with Gasteiger partial charge in [-0.3, -0.25) is 14.6 Å². The number of rotatable bonds is 3. The van der Waals surface area contributed by atoms with Crippen molar-refractivity contribution < 1.29 is 9.59 Å². The Kier molecular flexibility index (Phi) is 3.93. The van der Waals surface area contributed by atoms with Crippen LogP contribution in [-0.2, 0) is 0 Å². The lowest BCUT2D eigenvalue weighted by atomic mass is 9.92. The zero-order chi connectivity index (χ0) is 17.2. The van der Waals surface area contributed by atoms with Gasteiger partial charge >= 0.3 is 0 Å². The number of amides is 1. The zero-order valence-corrected chi connectivity index (χ0v) is 13.4. The van der Waals surface area contributed by atoms with E-state index < -0.39 is 0 Å². The first-order chi connectivity index (χ1) is 12.2. The van der Waals surface area contributed by atoms with Gasteiger partial charge in [0.2, 0.25) is 5.82 Å². The van der Waals surface area contributed by atoms with Crippen LogP contribution in [0.2, 0.25) is 0 Å². The summed E-state index contributed by atoms with van der Waals surface area (Å²) in [5.74, 6) is -0.0666. The fourth-order valence-corrected chi connectivity index (χ4v) is 3.06. The summed E-state index contributed by atoms with van der Waals surface area (Å²) in [5, 5.41) is 4.17. The number of pyridine rings is 1. The Labute approximate surface area is 143 Å². The summed E-state index contributed by atoms with van der Waals surface area (Å²) in [6.45, 7) is 0.949. The van der Waals surface area contributed by atoms with Crippen molar-refractivity contribution in [1.29, 1.82) is 0 Å². The number of hydrogen-bond donors (Lipinski definition) is 0. The predicted octanol–water partition coefficient (Wildman–Crippen LogP) is 1.25. The van der Waals surface area contributed by atoms with E-state index in [1.54, 1.807) is 47.8 Å². The first-order valence-electron chi connectivity index (χ1n) is 8.14. The molecule has 0 aromatic carbocycles. The van der Waals surface area contributed by atoms with Gasteiger partial charge in [-0.05, 0) is 31.0 Å². The summed E-state index contributed by atoms with van der Waals surface area (Å²) in [7, 11) is 0. The van der Waals surface area contributed by atoms with Gasteiger partial charge in [0.25, 0.3) is 11.7 Å². The first kappa shape index (κ1) is 15.4. The molecular formula is C17H16N6O2. The molecule has 4 rings (SSSR count). The molecule has 0 unspecified atom stereocenters. The lowest BCUT2D eigenvalue weighted by Gasteiger charge is -2.31. The molecule has 1 fully saturated rings. The van der Waals surface area contributed by atoms with E-state index in [1.165, 1.54) is 4.52 Å². The molecule has 3 aromatic rings. The summed E-state index contributed by atoms with van der Waals surface area (Å²) in [6, 6.07) is 6.99. The Hall–Kier alpha value is -3.16. The number of carbonyl (C=O) groups is 2. The van der Waals surface area contributed by atoms with Crippen LogP contribution in [-0.4, -0.2) is 54.2 Å². The molecule has 1 aliphatic heterocycles. The Balaban J connectivity index is 1.52. The van der Waals surface area contributed by atoms with E-state index in [2.05, 4.69) is 20.1 Å². The molecule has 0 N–H and O–H groups in total. The molecule has 1 atom stereocenters. The van der Waals surface area contributed by atoms with E-state index >= 15 is 0 Å². The number of hydrogen-bond acceptors (Lipinski definition) is 6. The summed E-state index contributed by atoms with van der Waals surface area (Å²) >= 11 is 0. The van der Waals surface area contributed by atoms with Crippen LogP contribution in [0.4, 0.5) is 0 Å². The van der Waals surface area contributed by atoms with Gasteiger partial charge in [0, 0.05) is 37.6 Å². The smallest absolute Gasteiger partial charge is 0.293 e. The van der Waals surface area contributed by atoms with Crippen molar-refractivity contribution in [2.75, 3.05) is 13.1 Å². The average molecular weight is 336 g/mol. The minimum Gasteiger partial charge on any atom is -0.335 e. The fourth-order valence-electron chi connectivity index (χ4n) is 3.06. The lowest BCUT2D eigenvalue weighted by Crippen LogP contribution is -2.42. The molecule has 3 aromatic heterocycles. The van der Waals surface area contributed by atoms with Gasteiger partial charge in [0.05, 0.1) is 0 Å². The molecule has 1 saturated heterocycles. The number of nitrogens with zero attached hydrogens (tertiary/aromatic N) is 6. The van der Waals surface area contributed by atoms with Crippen LogP contribution in [0.25, 0.3) is 5.78 Å². The lowest BCUT2D eigenvalue weighted by molar-refractivity contribution is 0.0625. The highest BCUT2D eigenvalue weighted by atomic mass is 16.2.